The van der Waals surface area contributed by atoms with E-state index in [4.69, 9.17) is 17.4 Å². The van der Waals surface area contributed by atoms with Crippen LogP contribution in [-0.4, -0.2) is 0 Å². The number of hydrogen-bond acceptors (Lipinski definition) is 2. The lowest BCUT2D eigenvalue weighted by Crippen LogP contribution is -2.29. The Morgan fingerprint density at radius 3 is 2.50 bits per heavy atom. The Bertz CT molecular complexity index is 617. The molecule has 0 amide bonds. The molecule has 1 atom stereocenters. The second-order valence-electron chi connectivity index (χ2n) is 4.68. The van der Waals surface area contributed by atoms with Crippen LogP contribution in [0.25, 0.3) is 0 Å². The maximum absolute atomic E-state index is 13.6. The predicted molar refractivity (Wildman–Crippen MR) is 76.3 cm³/mol. The fourth-order valence-electron chi connectivity index (χ4n) is 2.00. The monoisotopic (exact) mass is 296 g/mol. The topological polar surface area (TPSA) is 38.0 Å². The quantitative estimate of drug-likeness (QED) is 0.667. The third kappa shape index (κ3) is 3.33. The summed E-state index contributed by atoms with van der Waals surface area (Å²) in [5.41, 5.74) is 4.64. The third-order valence-corrected chi connectivity index (χ3v) is 3.53. The van der Waals surface area contributed by atoms with Crippen molar-refractivity contribution in [3.63, 3.8) is 0 Å². The van der Waals surface area contributed by atoms with E-state index in [-0.39, 0.29) is 16.9 Å². The zero-order valence-corrected chi connectivity index (χ0v) is 11.7. The van der Waals surface area contributed by atoms with Gasteiger partial charge in [-0.2, -0.15) is 0 Å². The summed E-state index contributed by atoms with van der Waals surface area (Å²) in [5.74, 6) is 4.75. The van der Waals surface area contributed by atoms with Gasteiger partial charge in [0.05, 0.1) is 11.1 Å². The SMILES string of the molecule is Cc1ccc(C(Cc2ccc(Cl)c(F)c2)NN)cc1F. The molecular formula is C15H15ClF2N2. The van der Waals surface area contributed by atoms with Crippen molar-refractivity contribution in [1.82, 2.24) is 5.43 Å². The van der Waals surface area contributed by atoms with E-state index in [0.29, 0.717) is 17.5 Å². The van der Waals surface area contributed by atoms with Gasteiger partial charge in [-0.05, 0) is 48.2 Å². The first-order valence-corrected chi connectivity index (χ1v) is 6.55. The van der Waals surface area contributed by atoms with Crippen molar-refractivity contribution in [2.75, 3.05) is 0 Å². The van der Waals surface area contributed by atoms with Gasteiger partial charge < -0.3 is 0 Å². The summed E-state index contributed by atoms with van der Waals surface area (Å²) in [6, 6.07) is 9.21. The van der Waals surface area contributed by atoms with Crippen LogP contribution in [0.2, 0.25) is 5.02 Å². The summed E-state index contributed by atoms with van der Waals surface area (Å²) >= 11 is 5.64. The maximum Gasteiger partial charge on any atom is 0.142 e. The fourth-order valence-corrected chi connectivity index (χ4v) is 2.12. The zero-order chi connectivity index (χ0) is 14.7. The van der Waals surface area contributed by atoms with Gasteiger partial charge in [-0.1, -0.05) is 29.8 Å². The van der Waals surface area contributed by atoms with Crippen LogP contribution in [0.5, 0.6) is 0 Å². The van der Waals surface area contributed by atoms with E-state index in [1.807, 2.05) is 0 Å². The molecule has 0 saturated carbocycles. The van der Waals surface area contributed by atoms with Gasteiger partial charge in [0.25, 0.3) is 0 Å². The lowest BCUT2D eigenvalue weighted by atomic mass is 9.98. The van der Waals surface area contributed by atoms with Gasteiger partial charge in [0.1, 0.15) is 11.6 Å². The van der Waals surface area contributed by atoms with Crippen molar-refractivity contribution in [3.05, 3.63) is 69.7 Å². The first kappa shape index (κ1) is 14.9. The molecule has 5 heteroatoms. The highest BCUT2D eigenvalue weighted by Gasteiger charge is 2.13. The molecule has 0 heterocycles. The molecule has 0 aliphatic carbocycles. The zero-order valence-electron chi connectivity index (χ0n) is 11.0. The normalized spacial score (nSPS) is 12.4. The largest absolute Gasteiger partial charge is 0.271 e. The summed E-state index contributed by atoms with van der Waals surface area (Å²) in [5, 5.41) is 0.0763. The van der Waals surface area contributed by atoms with E-state index >= 15 is 0 Å². The van der Waals surface area contributed by atoms with Crippen LogP contribution in [0.4, 0.5) is 8.78 Å². The Kier molecular flexibility index (Phi) is 4.70. The number of aryl methyl sites for hydroxylation is 1. The minimum absolute atomic E-state index is 0.0763. The van der Waals surface area contributed by atoms with Crippen molar-refractivity contribution >= 4 is 11.6 Å². The molecule has 106 valence electrons. The molecule has 0 aliphatic heterocycles. The number of hydrazine groups is 1. The highest BCUT2D eigenvalue weighted by molar-refractivity contribution is 6.30. The number of benzene rings is 2. The van der Waals surface area contributed by atoms with Crippen LogP contribution in [0.15, 0.2) is 36.4 Å². The van der Waals surface area contributed by atoms with Crippen molar-refractivity contribution < 1.29 is 8.78 Å². The van der Waals surface area contributed by atoms with Gasteiger partial charge in [0.15, 0.2) is 0 Å². The average Bonchev–Trinajstić information content (AvgIpc) is 2.43. The minimum atomic E-state index is -0.477. The van der Waals surface area contributed by atoms with Crippen molar-refractivity contribution in [1.29, 1.82) is 0 Å². The van der Waals surface area contributed by atoms with E-state index in [0.717, 1.165) is 5.56 Å². The van der Waals surface area contributed by atoms with Crippen molar-refractivity contribution in [2.45, 2.75) is 19.4 Å². The molecule has 0 aromatic heterocycles. The molecule has 0 aliphatic rings. The van der Waals surface area contributed by atoms with Crippen LogP contribution in [0.1, 0.15) is 22.7 Å². The Hall–Kier alpha value is -1.49. The lowest BCUT2D eigenvalue weighted by Gasteiger charge is -2.17. The van der Waals surface area contributed by atoms with Crippen LogP contribution in [0, 0.1) is 18.6 Å². The Morgan fingerprint density at radius 1 is 1.15 bits per heavy atom. The van der Waals surface area contributed by atoms with Gasteiger partial charge in [0.2, 0.25) is 0 Å². The maximum atomic E-state index is 13.6. The second kappa shape index (κ2) is 6.31. The molecule has 2 aromatic carbocycles. The number of nitrogens with two attached hydrogens (primary N) is 1. The van der Waals surface area contributed by atoms with Crippen LogP contribution < -0.4 is 11.3 Å². The first-order valence-electron chi connectivity index (χ1n) is 6.17. The van der Waals surface area contributed by atoms with Gasteiger partial charge in [0, 0.05) is 0 Å². The molecule has 2 aromatic rings. The van der Waals surface area contributed by atoms with Crippen molar-refractivity contribution in [2.24, 2.45) is 5.84 Å². The minimum Gasteiger partial charge on any atom is -0.271 e. The van der Waals surface area contributed by atoms with Crippen molar-refractivity contribution in [3.8, 4) is 0 Å². The predicted octanol–water partition coefficient (Wildman–Crippen LogP) is 3.67. The summed E-state index contributed by atoms with van der Waals surface area (Å²) < 4.78 is 27.0. The van der Waals surface area contributed by atoms with Gasteiger partial charge in [-0.3, -0.25) is 11.3 Å². The molecule has 2 nitrogen and oxygen atoms in total. The molecule has 1 unspecified atom stereocenters. The highest BCUT2D eigenvalue weighted by Crippen LogP contribution is 2.22. The Labute approximate surface area is 121 Å². The molecule has 0 bridgehead atoms. The van der Waals surface area contributed by atoms with E-state index in [2.05, 4.69) is 5.43 Å². The average molecular weight is 297 g/mol. The fraction of sp³-hybridized carbons (Fsp3) is 0.200. The van der Waals surface area contributed by atoms with E-state index in [9.17, 15) is 8.78 Å². The molecule has 0 radical (unpaired) electrons. The molecular weight excluding hydrogens is 282 g/mol. The van der Waals surface area contributed by atoms with Gasteiger partial charge in [-0.25, -0.2) is 8.78 Å². The van der Waals surface area contributed by atoms with Crippen LogP contribution in [0.3, 0.4) is 0 Å². The first-order chi connectivity index (χ1) is 9.51. The molecule has 3 N–H and O–H groups in total. The smallest absolute Gasteiger partial charge is 0.142 e. The van der Waals surface area contributed by atoms with Crippen LogP contribution >= 0.6 is 11.6 Å². The summed E-state index contributed by atoms with van der Waals surface area (Å²) in [6.45, 7) is 1.69. The number of halogens is 3. The Morgan fingerprint density at radius 2 is 1.90 bits per heavy atom. The molecule has 0 saturated heterocycles. The Balaban J connectivity index is 2.23. The molecule has 20 heavy (non-hydrogen) atoms. The summed E-state index contributed by atoms with van der Waals surface area (Å²) in [7, 11) is 0. The number of rotatable bonds is 4. The van der Waals surface area contributed by atoms with E-state index in [1.54, 1.807) is 25.1 Å². The van der Waals surface area contributed by atoms with Gasteiger partial charge >= 0.3 is 0 Å². The summed E-state index contributed by atoms with van der Waals surface area (Å²) in [4.78, 5) is 0. The lowest BCUT2D eigenvalue weighted by molar-refractivity contribution is 0.540. The summed E-state index contributed by atoms with van der Waals surface area (Å²) in [6.07, 6.45) is 0.438. The van der Waals surface area contributed by atoms with Crippen LogP contribution in [-0.2, 0) is 6.42 Å². The van der Waals surface area contributed by atoms with E-state index in [1.165, 1.54) is 18.2 Å². The van der Waals surface area contributed by atoms with Gasteiger partial charge in [-0.15, -0.1) is 0 Å². The second-order valence-corrected chi connectivity index (χ2v) is 5.09. The highest BCUT2D eigenvalue weighted by atomic mass is 35.5. The third-order valence-electron chi connectivity index (χ3n) is 3.22. The number of nitrogens with one attached hydrogen (secondary N) is 1. The van der Waals surface area contributed by atoms with E-state index < -0.39 is 5.82 Å². The molecule has 0 spiro atoms. The molecule has 2 rings (SSSR count). The number of hydrogen-bond donors (Lipinski definition) is 2. The molecule has 0 fully saturated rings. The standard InChI is InChI=1S/C15H15ClF2N2/c1-9-2-4-11(8-13(9)17)15(20-19)7-10-3-5-12(16)14(18)6-10/h2-6,8,15,20H,7,19H2,1H3.